The Morgan fingerprint density at radius 1 is 1.26 bits per heavy atom. The first-order valence-electron chi connectivity index (χ1n) is 8.56. The van der Waals surface area contributed by atoms with Crippen LogP contribution < -0.4 is 10.3 Å². The summed E-state index contributed by atoms with van der Waals surface area (Å²) < 4.78 is 5.36. The number of hydrazone groups is 1. The Kier molecular flexibility index (Phi) is 5.77. The van der Waals surface area contributed by atoms with Gasteiger partial charge in [0.05, 0.1) is 24.4 Å². The van der Waals surface area contributed by atoms with Gasteiger partial charge in [0, 0.05) is 42.0 Å². The molecular formula is C19H20N4O4. The average Bonchev–Trinajstić information content (AvgIpc) is 2.68. The number of nitrogens with zero attached hydrogens (tertiary/aromatic N) is 3. The number of amides is 1. The Balaban J connectivity index is 1.82. The van der Waals surface area contributed by atoms with Gasteiger partial charge in [-0.3, -0.25) is 14.9 Å². The lowest BCUT2D eigenvalue weighted by atomic mass is 10.1. The highest BCUT2D eigenvalue weighted by molar-refractivity contribution is 5.96. The van der Waals surface area contributed by atoms with Crippen molar-refractivity contribution in [2.45, 2.75) is 6.92 Å². The molecule has 27 heavy (non-hydrogen) atoms. The van der Waals surface area contributed by atoms with Gasteiger partial charge in [0.1, 0.15) is 0 Å². The second-order valence-corrected chi connectivity index (χ2v) is 6.11. The van der Waals surface area contributed by atoms with Crippen molar-refractivity contribution >= 4 is 23.5 Å². The Bertz CT molecular complexity index is 876. The van der Waals surface area contributed by atoms with Crippen LogP contribution in [0.1, 0.15) is 21.5 Å². The van der Waals surface area contributed by atoms with Crippen molar-refractivity contribution in [3.05, 3.63) is 69.3 Å². The normalized spacial score (nSPS) is 14.3. The van der Waals surface area contributed by atoms with Gasteiger partial charge in [0.15, 0.2) is 0 Å². The molecule has 0 unspecified atom stereocenters. The third kappa shape index (κ3) is 4.48. The number of ether oxygens (including phenoxy) is 1. The van der Waals surface area contributed by atoms with Crippen molar-refractivity contribution in [1.82, 2.24) is 5.43 Å². The summed E-state index contributed by atoms with van der Waals surface area (Å²) in [6.07, 6.45) is 1.44. The number of nitro groups is 1. The highest BCUT2D eigenvalue weighted by Gasteiger charge is 2.17. The molecule has 0 spiro atoms. The lowest BCUT2D eigenvalue weighted by Crippen LogP contribution is -2.36. The molecule has 0 radical (unpaired) electrons. The van der Waals surface area contributed by atoms with Crippen LogP contribution in [-0.4, -0.2) is 43.3 Å². The first-order chi connectivity index (χ1) is 13.1. The van der Waals surface area contributed by atoms with E-state index in [1.807, 2.05) is 19.1 Å². The Labute approximate surface area is 156 Å². The van der Waals surface area contributed by atoms with Gasteiger partial charge in [-0.15, -0.1) is 0 Å². The zero-order valence-corrected chi connectivity index (χ0v) is 14.9. The molecule has 2 aromatic rings. The minimum atomic E-state index is -0.452. The predicted molar refractivity (Wildman–Crippen MR) is 102 cm³/mol. The largest absolute Gasteiger partial charge is 0.378 e. The summed E-state index contributed by atoms with van der Waals surface area (Å²) >= 11 is 0. The summed E-state index contributed by atoms with van der Waals surface area (Å²) in [4.78, 5) is 25.0. The number of hydrogen-bond donors (Lipinski definition) is 1. The standard InChI is InChI=1S/C19H20N4O4/c1-14-4-2-3-5-17(14)19(24)21-20-13-15-12-16(23(25)26)6-7-18(15)22-8-10-27-11-9-22/h2-7,12-13H,8-11H2,1H3,(H,21,24)/b20-13+. The third-order valence-corrected chi connectivity index (χ3v) is 4.33. The molecule has 2 aromatic carbocycles. The average molecular weight is 368 g/mol. The quantitative estimate of drug-likeness (QED) is 0.497. The van der Waals surface area contributed by atoms with Crippen LogP contribution in [0.5, 0.6) is 0 Å². The summed E-state index contributed by atoms with van der Waals surface area (Å²) in [5.74, 6) is -0.331. The lowest BCUT2D eigenvalue weighted by Gasteiger charge is -2.29. The molecule has 3 rings (SSSR count). The van der Waals surface area contributed by atoms with Crippen LogP contribution in [0.2, 0.25) is 0 Å². The fourth-order valence-corrected chi connectivity index (χ4v) is 2.90. The van der Waals surface area contributed by atoms with E-state index in [9.17, 15) is 14.9 Å². The number of morpholine rings is 1. The van der Waals surface area contributed by atoms with Gasteiger partial charge in [0.2, 0.25) is 0 Å². The van der Waals surface area contributed by atoms with Crippen LogP contribution >= 0.6 is 0 Å². The van der Waals surface area contributed by atoms with Crippen molar-refractivity contribution in [3.8, 4) is 0 Å². The molecule has 0 atom stereocenters. The maximum Gasteiger partial charge on any atom is 0.271 e. The highest BCUT2D eigenvalue weighted by Crippen LogP contribution is 2.25. The van der Waals surface area contributed by atoms with E-state index >= 15 is 0 Å². The van der Waals surface area contributed by atoms with E-state index in [-0.39, 0.29) is 11.6 Å². The number of hydrogen-bond acceptors (Lipinski definition) is 6. The molecule has 0 saturated carbocycles. The van der Waals surface area contributed by atoms with Crippen molar-refractivity contribution in [1.29, 1.82) is 0 Å². The molecule has 8 heteroatoms. The fourth-order valence-electron chi connectivity index (χ4n) is 2.90. The predicted octanol–water partition coefficient (Wildman–Crippen LogP) is 2.50. The monoisotopic (exact) mass is 368 g/mol. The van der Waals surface area contributed by atoms with Gasteiger partial charge in [0.25, 0.3) is 11.6 Å². The minimum Gasteiger partial charge on any atom is -0.378 e. The van der Waals surface area contributed by atoms with Crippen LogP contribution in [0.25, 0.3) is 0 Å². The van der Waals surface area contributed by atoms with Crippen molar-refractivity contribution in [2.75, 3.05) is 31.2 Å². The van der Waals surface area contributed by atoms with E-state index in [0.717, 1.165) is 11.3 Å². The molecule has 0 bridgehead atoms. The van der Waals surface area contributed by atoms with Crippen LogP contribution in [0.3, 0.4) is 0 Å². The first-order valence-corrected chi connectivity index (χ1v) is 8.56. The Morgan fingerprint density at radius 2 is 2.00 bits per heavy atom. The maximum atomic E-state index is 12.3. The molecule has 0 aliphatic carbocycles. The van der Waals surface area contributed by atoms with Gasteiger partial charge >= 0.3 is 0 Å². The van der Waals surface area contributed by atoms with Gasteiger partial charge < -0.3 is 9.64 Å². The zero-order chi connectivity index (χ0) is 19.2. The number of aryl methyl sites for hydroxylation is 1. The number of nitro benzene ring substituents is 1. The van der Waals surface area contributed by atoms with Gasteiger partial charge in [-0.1, -0.05) is 18.2 Å². The number of carbonyl (C=O) groups excluding carboxylic acids is 1. The van der Waals surface area contributed by atoms with Crippen molar-refractivity contribution in [2.24, 2.45) is 5.10 Å². The smallest absolute Gasteiger partial charge is 0.271 e. The highest BCUT2D eigenvalue weighted by atomic mass is 16.6. The summed E-state index contributed by atoms with van der Waals surface area (Å²) in [6.45, 7) is 4.41. The number of non-ortho nitro benzene ring substituents is 1. The maximum absolute atomic E-state index is 12.3. The summed E-state index contributed by atoms with van der Waals surface area (Å²) in [5, 5.41) is 15.1. The van der Waals surface area contributed by atoms with E-state index in [1.54, 1.807) is 18.2 Å². The molecule has 1 N–H and O–H groups in total. The molecular weight excluding hydrogens is 348 g/mol. The fraction of sp³-hybridized carbons (Fsp3) is 0.263. The third-order valence-electron chi connectivity index (χ3n) is 4.33. The molecule has 0 aromatic heterocycles. The second-order valence-electron chi connectivity index (χ2n) is 6.11. The van der Waals surface area contributed by atoms with E-state index < -0.39 is 4.92 Å². The molecule has 1 fully saturated rings. The molecule has 1 saturated heterocycles. The minimum absolute atomic E-state index is 0.0290. The number of anilines is 1. The van der Waals surface area contributed by atoms with Crippen LogP contribution in [0, 0.1) is 17.0 Å². The Hall–Kier alpha value is -3.26. The van der Waals surface area contributed by atoms with E-state index in [4.69, 9.17) is 4.74 Å². The van der Waals surface area contributed by atoms with Crippen molar-refractivity contribution in [3.63, 3.8) is 0 Å². The van der Waals surface area contributed by atoms with Gasteiger partial charge in [-0.2, -0.15) is 5.10 Å². The van der Waals surface area contributed by atoms with Crippen LogP contribution in [-0.2, 0) is 4.74 Å². The Morgan fingerprint density at radius 3 is 2.70 bits per heavy atom. The molecule has 1 aliphatic rings. The molecule has 140 valence electrons. The SMILES string of the molecule is Cc1ccccc1C(=O)N/N=C/c1cc([N+](=O)[O-])ccc1N1CCOCC1. The number of carbonyl (C=O) groups is 1. The number of rotatable bonds is 5. The molecule has 1 heterocycles. The number of benzene rings is 2. The summed E-state index contributed by atoms with van der Waals surface area (Å²) in [5.41, 5.74) is 5.21. The lowest BCUT2D eigenvalue weighted by molar-refractivity contribution is -0.384. The van der Waals surface area contributed by atoms with E-state index in [1.165, 1.54) is 18.3 Å². The topological polar surface area (TPSA) is 97.1 Å². The second kappa shape index (κ2) is 8.41. The molecule has 1 amide bonds. The first kappa shape index (κ1) is 18.5. The van der Waals surface area contributed by atoms with Crippen LogP contribution in [0.4, 0.5) is 11.4 Å². The zero-order valence-electron chi connectivity index (χ0n) is 14.9. The summed E-state index contributed by atoms with van der Waals surface area (Å²) in [7, 11) is 0. The molecule has 1 aliphatic heterocycles. The van der Waals surface area contributed by atoms with E-state index in [0.29, 0.717) is 37.4 Å². The van der Waals surface area contributed by atoms with Crippen molar-refractivity contribution < 1.29 is 14.5 Å². The van der Waals surface area contributed by atoms with Crippen LogP contribution in [0.15, 0.2) is 47.6 Å². The number of nitrogens with one attached hydrogen (secondary N) is 1. The van der Waals surface area contributed by atoms with Gasteiger partial charge in [-0.05, 0) is 24.6 Å². The summed E-state index contributed by atoms with van der Waals surface area (Å²) in [6, 6.07) is 11.8. The van der Waals surface area contributed by atoms with Gasteiger partial charge in [-0.25, -0.2) is 5.43 Å². The molecule has 8 nitrogen and oxygen atoms in total. The van der Waals surface area contributed by atoms with E-state index in [2.05, 4.69) is 15.4 Å².